The fourth-order valence-electron chi connectivity index (χ4n) is 3.92. The number of hydrogen-bond donors (Lipinski definition) is 0. The number of ether oxygens (including phenoxy) is 2. The van der Waals surface area contributed by atoms with Gasteiger partial charge in [0.25, 0.3) is 5.91 Å². The third-order valence-corrected chi connectivity index (χ3v) is 5.86. The summed E-state index contributed by atoms with van der Waals surface area (Å²) in [7, 11) is 0. The van der Waals surface area contributed by atoms with Crippen LogP contribution in [0.25, 0.3) is 0 Å². The van der Waals surface area contributed by atoms with Crippen LogP contribution in [0.15, 0.2) is 24.3 Å². The number of nitrogens with zero attached hydrogens (tertiary/aromatic N) is 2. The van der Waals surface area contributed by atoms with E-state index in [1.54, 1.807) is 4.90 Å². The van der Waals surface area contributed by atoms with Crippen molar-refractivity contribution in [3.63, 3.8) is 0 Å². The van der Waals surface area contributed by atoms with Crippen LogP contribution in [0.4, 0.5) is 0 Å². The van der Waals surface area contributed by atoms with Gasteiger partial charge in [0.05, 0.1) is 19.1 Å². The van der Waals surface area contributed by atoms with Crippen molar-refractivity contribution < 1.29 is 19.1 Å². The Bertz CT molecular complexity index is 672. The van der Waals surface area contributed by atoms with Gasteiger partial charge < -0.3 is 19.3 Å². The van der Waals surface area contributed by atoms with E-state index in [1.165, 1.54) is 0 Å². The minimum absolute atomic E-state index is 0.0198. The van der Waals surface area contributed by atoms with Crippen molar-refractivity contribution in [2.45, 2.75) is 39.0 Å². The highest BCUT2D eigenvalue weighted by atomic mass is 16.5. The number of rotatable bonds is 6. The Morgan fingerprint density at radius 1 is 1.18 bits per heavy atom. The van der Waals surface area contributed by atoms with E-state index >= 15 is 0 Å². The standard InChI is InChI=1S/C22H32N2O4/c1-3-17(2)19-8-4-5-9-20(19)28-16-21(25)24-10-6-7-18(15-24)22(26)23-11-13-27-14-12-23/h4-5,8-9,17-18H,3,6-7,10-16H2,1-2H3. The molecule has 0 radical (unpaired) electrons. The molecule has 28 heavy (non-hydrogen) atoms. The molecule has 0 saturated carbocycles. The molecule has 2 aliphatic rings. The SMILES string of the molecule is CCC(C)c1ccccc1OCC(=O)N1CCCC(C(=O)N2CCOCC2)C1. The van der Waals surface area contributed by atoms with Gasteiger partial charge in [-0.25, -0.2) is 0 Å². The number of carbonyl (C=O) groups is 2. The van der Waals surface area contributed by atoms with Crippen LogP contribution in [0.3, 0.4) is 0 Å². The number of amides is 2. The molecule has 2 atom stereocenters. The molecule has 6 heteroatoms. The number of hydrogen-bond acceptors (Lipinski definition) is 4. The molecule has 0 N–H and O–H groups in total. The highest BCUT2D eigenvalue weighted by molar-refractivity contribution is 5.82. The Balaban J connectivity index is 1.55. The van der Waals surface area contributed by atoms with Gasteiger partial charge in [-0.05, 0) is 36.8 Å². The zero-order valence-corrected chi connectivity index (χ0v) is 17.1. The Hall–Kier alpha value is -2.08. The average Bonchev–Trinajstić information content (AvgIpc) is 2.77. The fraction of sp³-hybridized carbons (Fsp3) is 0.636. The van der Waals surface area contributed by atoms with Crippen LogP contribution in [-0.2, 0) is 14.3 Å². The summed E-state index contributed by atoms with van der Waals surface area (Å²) in [6, 6.07) is 7.92. The lowest BCUT2D eigenvalue weighted by Crippen LogP contribution is -2.50. The number of benzene rings is 1. The zero-order chi connectivity index (χ0) is 19.9. The summed E-state index contributed by atoms with van der Waals surface area (Å²) >= 11 is 0. The molecule has 2 fully saturated rings. The first kappa shape index (κ1) is 20.6. The molecule has 0 spiro atoms. The van der Waals surface area contributed by atoms with Crippen LogP contribution < -0.4 is 4.74 Å². The number of carbonyl (C=O) groups excluding carboxylic acids is 2. The monoisotopic (exact) mass is 388 g/mol. The topological polar surface area (TPSA) is 59.1 Å². The molecular weight excluding hydrogens is 356 g/mol. The van der Waals surface area contributed by atoms with E-state index in [1.807, 2.05) is 23.1 Å². The van der Waals surface area contributed by atoms with Crippen LogP contribution in [0.5, 0.6) is 5.75 Å². The van der Waals surface area contributed by atoms with Crippen molar-refractivity contribution in [3.05, 3.63) is 29.8 Å². The Morgan fingerprint density at radius 2 is 1.93 bits per heavy atom. The highest BCUT2D eigenvalue weighted by Crippen LogP contribution is 2.28. The molecule has 1 aromatic rings. The van der Waals surface area contributed by atoms with Gasteiger partial charge in [0.2, 0.25) is 5.91 Å². The van der Waals surface area contributed by atoms with Crippen LogP contribution in [0, 0.1) is 5.92 Å². The van der Waals surface area contributed by atoms with Gasteiger partial charge in [0, 0.05) is 26.2 Å². The molecule has 2 unspecified atom stereocenters. The Kier molecular flexibility index (Phi) is 7.31. The van der Waals surface area contributed by atoms with Crippen molar-refractivity contribution in [1.29, 1.82) is 0 Å². The quantitative estimate of drug-likeness (QED) is 0.752. The van der Waals surface area contributed by atoms with Gasteiger partial charge in [-0.1, -0.05) is 32.0 Å². The molecule has 0 bridgehead atoms. The summed E-state index contributed by atoms with van der Waals surface area (Å²) in [6.45, 7) is 8.02. The minimum atomic E-state index is -0.108. The molecule has 2 saturated heterocycles. The first-order chi connectivity index (χ1) is 13.6. The molecule has 0 aromatic heterocycles. The molecule has 2 heterocycles. The molecule has 2 amide bonds. The molecule has 6 nitrogen and oxygen atoms in total. The summed E-state index contributed by atoms with van der Waals surface area (Å²) in [5, 5.41) is 0. The van der Waals surface area contributed by atoms with Crippen molar-refractivity contribution in [1.82, 2.24) is 9.80 Å². The van der Waals surface area contributed by atoms with Crippen molar-refractivity contribution >= 4 is 11.8 Å². The van der Waals surface area contributed by atoms with Gasteiger partial charge in [0.1, 0.15) is 5.75 Å². The fourth-order valence-corrected chi connectivity index (χ4v) is 3.92. The summed E-state index contributed by atoms with van der Waals surface area (Å²) in [5.74, 6) is 1.17. The third kappa shape index (κ3) is 5.04. The van der Waals surface area contributed by atoms with Crippen molar-refractivity contribution in [2.75, 3.05) is 46.0 Å². The molecule has 1 aromatic carbocycles. The van der Waals surface area contributed by atoms with Crippen molar-refractivity contribution in [2.24, 2.45) is 5.92 Å². The van der Waals surface area contributed by atoms with Crippen LogP contribution in [-0.4, -0.2) is 67.6 Å². The van der Waals surface area contributed by atoms with Gasteiger partial charge in [-0.15, -0.1) is 0 Å². The maximum Gasteiger partial charge on any atom is 0.260 e. The summed E-state index contributed by atoms with van der Waals surface area (Å²) in [6.07, 6.45) is 2.72. The highest BCUT2D eigenvalue weighted by Gasteiger charge is 2.32. The second kappa shape index (κ2) is 9.92. The van der Waals surface area contributed by atoms with Crippen molar-refractivity contribution in [3.8, 4) is 5.75 Å². The van der Waals surface area contributed by atoms with Gasteiger partial charge in [-0.3, -0.25) is 9.59 Å². The first-order valence-electron chi connectivity index (χ1n) is 10.5. The lowest BCUT2D eigenvalue weighted by atomic mass is 9.96. The summed E-state index contributed by atoms with van der Waals surface area (Å²) < 4.78 is 11.2. The number of para-hydroxylation sites is 1. The maximum atomic E-state index is 12.8. The van der Waals surface area contributed by atoms with E-state index in [4.69, 9.17) is 9.47 Å². The molecule has 3 rings (SSSR count). The van der Waals surface area contributed by atoms with Gasteiger partial charge >= 0.3 is 0 Å². The van der Waals surface area contributed by atoms with E-state index in [9.17, 15) is 9.59 Å². The largest absolute Gasteiger partial charge is 0.483 e. The third-order valence-electron chi connectivity index (χ3n) is 5.86. The second-order valence-electron chi connectivity index (χ2n) is 7.75. The Labute approximate surface area is 167 Å². The molecule has 154 valence electrons. The van der Waals surface area contributed by atoms with Gasteiger partial charge in [0.15, 0.2) is 6.61 Å². The second-order valence-corrected chi connectivity index (χ2v) is 7.75. The Morgan fingerprint density at radius 3 is 2.68 bits per heavy atom. The van der Waals surface area contributed by atoms with E-state index in [2.05, 4.69) is 19.9 Å². The van der Waals surface area contributed by atoms with Crippen LogP contribution >= 0.6 is 0 Å². The lowest BCUT2D eigenvalue weighted by molar-refractivity contribution is -0.144. The normalized spacial score (nSPS) is 21.3. The van der Waals surface area contributed by atoms with Crippen LogP contribution in [0.1, 0.15) is 44.6 Å². The summed E-state index contributed by atoms with van der Waals surface area (Å²) in [5.41, 5.74) is 1.14. The molecular formula is C22H32N2O4. The number of likely N-dealkylation sites (tertiary alicyclic amines) is 1. The maximum absolute atomic E-state index is 12.8. The van der Waals surface area contributed by atoms with Crippen LogP contribution in [0.2, 0.25) is 0 Å². The van der Waals surface area contributed by atoms with Gasteiger partial charge in [-0.2, -0.15) is 0 Å². The molecule has 0 aliphatic carbocycles. The smallest absolute Gasteiger partial charge is 0.260 e. The van der Waals surface area contributed by atoms with E-state index < -0.39 is 0 Å². The zero-order valence-electron chi connectivity index (χ0n) is 17.1. The predicted molar refractivity (Wildman–Crippen MR) is 107 cm³/mol. The number of piperidine rings is 1. The first-order valence-corrected chi connectivity index (χ1v) is 10.5. The average molecular weight is 389 g/mol. The predicted octanol–water partition coefficient (Wildman–Crippen LogP) is 2.68. The lowest BCUT2D eigenvalue weighted by Gasteiger charge is -2.36. The van der Waals surface area contributed by atoms with E-state index in [0.29, 0.717) is 45.3 Å². The summed E-state index contributed by atoms with van der Waals surface area (Å²) in [4.78, 5) is 29.1. The number of morpholine rings is 1. The minimum Gasteiger partial charge on any atom is -0.483 e. The van der Waals surface area contributed by atoms with E-state index in [-0.39, 0.29) is 24.3 Å². The molecule has 2 aliphatic heterocycles. The van der Waals surface area contributed by atoms with E-state index in [0.717, 1.165) is 30.6 Å².